The zero-order valence-electron chi connectivity index (χ0n) is 19.2. The van der Waals surface area contributed by atoms with Gasteiger partial charge < -0.3 is 10.1 Å². The average molecular weight is 416 g/mol. The average Bonchev–Trinajstić information content (AvgIpc) is 2.77. The van der Waals surface area contributed by atoms with Crippen molar-refractivity contribution in [3.05, 3.63) is 100 Å². The van der Waals surface area contributed by atoms with Gasteiger partial charge in [-0.2, -0.15) is 0 Å². The lowest BCUT2D eigenvalue weighted by Crippen LogP contribution is -2.28. The number of rotatable bonds is 8. The van der Waals surface area contributed by atoms with Crippen LogP contribution in [0.4, 0.5) is 0 Å². The Morgan fingerprint density at radius 3 is 2.26 bits per heavy atom. The lowest BCUT2D eigenvalue weighted by atomic mass is 9.93. The monoisotopic (exact) mass is 415 g/mol. The van der Waals surface area contributed by atoms with Crippen molar-refractivity contribution < 1.29 is 9.53 Å². The van der Waals surface area contributed by atoms with Gasteiger partial charge in [0.05, 0.1) is 13.2 Å². The van der Waals surface area contributed by atoms with Crippen molar-refractivity contribution in [3.8, 4) is 5.75 Å². The van der Waals surface area contributed by atoms with Gasteiger partial charge in [0.2, 0.25) is 0 Å². The van der Waals surface area contributed by atoms with Crippen LogP contribution in [0.5, 0.6) is 5.75 Å². The maximum absolute atomic E-state index is 13.2. The molecule has 0 aliphatic rings. The molecule has 0 saturated carbocycles. The Morgan fingerprint density at radius 1 is 0.903 bits per heavy atom. The minimum atomic E-state index is -0.0990. The van der Waals surface area contributed by atoms with Crippen LogP contribution in [0, 0.1) is 6.92 Å². The molecule has 3 heteroatoms. The topological polar surface area (TPSA) is 38.3 Å². The molecule has 0 radical (unpaired) electrons. The standard InChI is InChI=1S/C28H33NO2/c1-19(2)25-18-26(20(3)17-27(25)31-5)21(4)29-28(30)24-14-10-9-13-23(24)16-15-22-11-7-6-8-12-22/h6-14,17-19,21H,15-16H2,1-5H3,(H,29,30)/t21-/m1/s1. The second-order valence-electron chi connectivity index (χ2n) is 8.44. The third kappa shape index (κ3) is 5.55. The van der Waals surface area contributed by atoms with Crippen LogP contribution in [0.2, 0.25) is 0 Å². The van der Waals surface area contributed by atoms with Gasteiger partial charge in [0.15, 0.2) is 0 Å². The summed E-state index contributed by atoms with van der Waals surface area (Å²) in [7, 11) is 1.71. The quantitative estimate of drug-likeness (QED) is 0.462. The van der Waals surface area contributed by atoms with E-state index in [2.05, 4.69) is 68.6 Å². The van der Waals surface area contributed by atoms with Gasteiger partial charge in [0, 0.05) is 5.56 Å². The van der Waals surface area contributed by atoms with E-state index < -0.39 is 0 Å². The van der Waals surface area contributed by atoms with Crippen molar-refractivity contribution in [2.24, 2.45) is 0 Å². The zero-order valence-corrected chi connectivity index (χ0v) is 19.2. The summed E-state index contributed by atoms with van der Waals surface area (Å²) in [4.78, 5) is 13.2. The number of nitrogens with one attached hydrogen (secondary N) is 1. The first-order valence-electron chi connectivity index (χ1n) is 11.0. The second kappa shape index (κ2) is 10.3. The van der Waals surface area contributed by atoms with E-state index in [1.807, 2.05) is 31.2 Å². The number of carbonyl (C=O) groups excluding carboxylic acids is 1. The van der Waals surface area contributed by atoms with Gasteiger partial charge in [-0.25, -0.2) is 0 Å². The van der Waals surface area contributed by atoms with Crippen molar-refractivity contribution >= 4 is 5.91 Å². The van der Waals surface area contributed by atoms with Crippen LogP contribution in [-0.4, -0.2) is 13.0 Å². The normalized spacial score (nSPS) is 11.9. The number of benzene rings is 3. The minimum Gasteiger partial charge on any atom is -0.496 e. The predicted octanol–water partition coefficient (Wildman–Crippen LogP) is 6.40. The summed E-state index contributed by atoms with van der Waals surface area (Å²) in [6, 6.07) is 22.4. The highest BCUT2D eigenvalue weighted by Gasteiger charge is 2.18. The molecule has 162 valence electrons. The van der Waals surface area contributed by atoms with Gasteiger partial charge in [0.1, 0.15) is 5.75 Å². The Hall–Kier alpha value is -3.07. The SMILES string of the molecule is COc1cc(C)c([C@@H](C)NC(=O)c2ccccc2CCc2ccccc2)cc1C(C)C. The molecule has 0 aromatic heterocycles. The molecule has 1 N–H and O–H groups in total. The number of ether oxygens (including phenoxy) is 1. The van der Waals surface area contributed by atoms with Crippen LogP contribution >= 0.6 is 0 Å². The first-order chi connectivity index (χ1) is 14.9. The highest BCUT2D eigenvalue weighted by molar-refractivity contribution is 5.96. The first kappa shape index (κ1) is 22.6. The van der Waals surface area contributed by atoms with Crippen molar-refractivity contribution in [2.45, 2.75) is 52.5 Å². The molecule has 0 aliphatic heterocycles. The molecule has 0 unspecified atom stereocenters. The van der Waals surface area contributed by atoms with Gasteiger partial charge >= 0.3 is 0 Å². The number of amides is 1. The zero-order chi connectivity index (χ0) is 22.4. The summed E-state index contributed by atoms with van der Waals surface area (Å²) in [5.41, 5.74) is 6.51. The van der Waals surface area contributed by atoms with Crippen LogP contribution in [-0.2, 0) is 12.8 Å². The minimum absolute atomic E-state index is 0.0301. The van der Waals surface area contributed by atoms with Crippen molar-refractivity contribution in [1.82, 2.24) is 5.32 Å². The van der Waals surface area contributed by atoms with E-state index in [1.54, 1.807) is 7.11 Å². The third-order valence-electron chi connectivity index (χ3n) is 5.84. The predicted molar refractivity (Wildman–Crippen MR) is 128 cm³/mol. The molecule has 3 rings (SSSR count). The molecule has 3 nitrogen and oxygen atoms in total. The van der Waals surface area contributed by atoms with Gasteiger partial charge in [-0.3, -0.25) is 4.79 Å². The largest absolute Gasteiger partial charge is 0.496 e. The van der Waals surface area contributed by atoms with Crippen LogP contribution in [0.25, 0.3) is 0 Å². The Morgan fingerprint density at radius 2 is 1.58 bits per heavy atom. The summed E-state index contributed by atoms with van der Waals surface area (Å²) in [5, 5.41) is 3.22. The highest BCUT2D eigenvalue weighted by Crippen LogP contribution is 2.32. The molecule has 0 heterocycles. The molecule has 0 spiro atoms. The smallest absolute Gasteiger partial charge is 0.252 e. The fourth-order valence-corrected chi connectivity index (χ4v) is 4.05. The molecule has 0 bridgehead atoms. The molecular weight excluding hydrogens is 382 g/mol. The molecule has 0 fully saturated rings. The van der Waals surface area contributed by atoms with E-state index in [0.29, 0.717) is 5.92 Å². The van der Waals surface area contributed by atoms with Crippen molar-refractivity contribution in [2.75, 3.05) is 7.11 Å². The summed E-state index contributed by atoms with van der Waals surface area (Å²) < 4.78 is 5.56. The lowest BCUT2D eigenvalue weighted by molar-refractivity contribution is 0.0939. The number of aryl methyl sites for hydroxylation is 3. The lowest BCUT2D eigenvalue weighted by Gasteiger charge is -2.21. The number of methoxy groups -OCH3 is 1. The highest BCUT2D eigenvalue weighted by atomic mass is 16.5. The van der Waals surface area contributed by atoms with E-state index >= 15 is 0 Å². The third-order valence-corrected chi connectivity index (χ3v) is 5.84. The molecular formula is C28H33NO2. The Bertz CT molecular complexity index is 1020. The molecule has 3 aromatic rings. The van der Waals surface area contributed by atoms with Gasteiger partial charge in [-0.05, 0) is 78.6 Å². The van der Waals surface area contributed by atoms with Crippen molar-refractivity contribution in [3.63, 3.8) is 0 Å². The van der Waals surface area contributed by atoms with E-state index in [4.69, 9.17) is 4.74 Å². The van der Waals surface area contributed by atoms with Gasteiger partial charge in [-0.1, -0.05) is 62.4 Å². The molecule has 1 atom stereocenters. The second-order valence-corrected chi connectivity index (χ2v) is 8.44. The van der Waals surface area contributed by atoms with E-state index in [1.165, 1.54) is 5.56 Å². The molecule has 0 aliphatic carbocycles. The summed E-state index contributed by atoms with van der Waals surface area (Å²) in [6.07, 6.45) is 1.75. The van der Waals surface area contributed by atoms with Crippen LogP contribution in [0.1, 0.15) is 70.9 Å². The van der Waals surface area contributed by atoms with E-state index in [-0.39, 0.29) is 11.9 Å². The van der Waals surface area contributed by atoms with Gasteiger partial charge in [-0.15, -0.1) is 0 Å². The molecule has 31 heavy (non-hydrogen) atoms. The summed E-state index contributed by atoms with van der Waals surface area (Å²) in [6.45, 7) is 8.42. The van der Waals surface area contributed by atoms with E-state index in [9.17, 15) is 4.79 Å². The Balaban J connectivity index is 1.78. The Labute approximate surface area is 186 Å². The number of hydrogen-bond donors (Lipinski definition) is 1. The molecule has 1 amide bonds. The van der Waals surface area contributed by atoms with Crippen LogP contribution in [0.15, 0.2) is 66.7 Å². The summed E-state index contributed by atoms with van der Waals surface area (Å²) in [5.74, 6) is 1.22. The number of hydrogen-bond acceptors (Lipinski definition) is 2. The summed E-state index contributed by atoms with van der Waals surface area (Å²) >= 11 is 0. The van der Waals surface area contributed by atoms with Gasteiger partial charge in [0.25, 0.3) is 5.91 Å². The molecule has 3 aromatic carbocycles. The van der Waals surface area contributed by atoms with Crippen LogP contribution in [0.3, 0.4) is 0 Å². The van der Waals surface area contributed by atoms with E-state index in [0.717, 1.165) is 46.4 Å². The maximum atomic E-state index is 13.2. The molecule has 0 saturated heterocycles. The Kier molecular flexibility index (Phi) is 7.51. The van der Waals surface area contributed by atoms with Crippen molar-refractivity contribution in [1.29, 1.82) is 0 Å². The van der Waals surface area contributed by atoms with Crippen LogP contribution < -0.4 is 10.1 Å². The maximum Gasteiger partial charge on any atom is 0.252 e. The first-order valence-corrected chi connectivity index (χ1v) is 11.0. The number of carbonyl (C=O) groups is 1. The fraction of sp³-hybridized carbons (Fsp3) is 0.321. The fourth-order valence-electron chi connectivity index (χ4n) is 4.05.